The highest BCUT2D eigenvalue weighted by molar-refractivity contribution is 5.26. The standard InChI is InChI=1S/C9H12/c1-5-3-9(4-5)7(1)6-2-8(6)9/h5-8H,1-4H2/t5?,6-,7+,8-,9?/m1/s1. The summed E-state index contributed by atoms with van der Waals surface area (Å²) in [4.78, 5) is 0. The molecule has 0 aliphatic heterocycles. The van der Waals surface area contributed by atoms with E-state index in [1.165, 1.54) is 23.7 Å². The largest absolute Gasteiger partial charge is 0.0467 e. The lowest BCUT2D eigenvalue weighted by atomic mass is 9.56. The maximum Gasteiger partial charge on any atom is -0.0230 e. The lowest BCUT2D eigenvalue weighted by molar-refractivity contribution is -0.00386. The van der Waals surface area contributed by atoms with Crippen LogP contribution in [0, 0.1) is 29.1 Å². The van der Waals surface area contributed by atoms with Crippen molar-refractivity contribution in [2.75, 3.05) is 0 Å². The molecule has 0 N–H and O–H groups in total. The van der Waals surface area contributed by atoms with Crippen molar-refractivity contribution in [1.82, 2.24) is 0 Å². The van der Waals surface area contributed by atoms with Crippen molar-refractivity contribution in [2.45, 2.75) is 25.7 Å². The van der Waals surface area contributed by atoms with Gasteiger partial charge in [0.1, 0.15) is 0 Å². The van der Waals surface area contributed by atoms with E-state index in [4.69, 9.17) is 0 Å². The van der Waals surface area contributed by atoms with Crippen molar-refractivity contribution in [2.24, 2.45) is 29.1 Å². The smallest absolute Gasteiger partial charge is 0.0230 e. The summed E-state index contributed by atoms with van der Waals surface area (Å²) in [5, 5.41) is 0. The van der Waals surface area contributed by atoms with Crippen LogP contribution in [0.5, 0.6) is 0 Å². The molecule has 0 saturated heterocycles. The minimum Gasteiger partial charge on any atom is -0.0467 e. The van der Waals surface area contributed by atoms with E-state index >= 15 is 0 Å². The molecule has 1 spiro atoms. The van der Waals surface area contributed by atoms with Gasteiger partial charge in [0.25, 0.3) is 0 Å². The molecule has 0 heteroatoms. The third-order valence-corrected chi connectivity index (χ3v) is 4.76. The van der Waals surface area contributed by atoms with Gasteiger partial charge in [-0.1, -0.05) is 0 Å². The molecule has 0 unspecified atom stereocenters. The molecule has 0 aromatic carbocycles. The molecule has 0 amide bonds. The normalized spacial score (nSPS) is 80.0. The third kappa shape index (κ3) is 0.222. The minimum absolute atomic E-state index is 1.01. The summed E-state index contributed by atoms with van der Waals surface area (Å²) in [6.45, 7) is 0. The molecule has 5 saturated carbocycles. The summed E-state index contributed by atoms with van der Waals surface area (Å²) in [7, 11) is 0. The molecule has 5 fully saturated rings. The molecule has 9 heavy (non-hydrogen) atoms. The van der Waals surface area contributed by atoms with Gasteiger partial charge in [0.05, 0.1) is 0 Å². The first kappa shape index (κ1) is 4.00. The second-order valence-corrected chi connectivity index (χ2v) is 4.86. The molecule has 0 nitrogen and oxygen atoms in total. The molecule has 48 valence electrons. The maximum absolute atomic E-state index is 1.65. The predicted octanol–water partition coefficient (Wildman–Crippen LogP) is 2.05. The fourth-order valence-corrected chi connectivity index (χ4v) is 4.46. The zero-order chi connectivity index (χ0) is 5.64. The SMILES string of the molecule is C1[C@H]2[C@@H]1C13CC(C[C@@H]21)C3. The van der Waals surface area contributed by atoms with Crippen LogP contribution >= 0.6 is 0 Å². The van der Waals surface area contributed by atoms with Gasteiger partial charge >= 0.3 is 0 Å². The van der Waals surface area contributed by atoms with Crippen molar-refractivity contribution < 1.29 is 0 Å². The van der Waals surface area contributed by atoms with Crippen LogP contribution in [-0.2, 0) is 0 Å². The summed E-state index contributed by atoms with van der Waals surface area (Å²) < 4.78 is 0. The molecule has 0 aromatic heterocycles. The Balaban J connectivity index is 1.92. The Bertz CT molecular complexity index is 185. The number of rotatable bonds is 0. The molecular formula is C9H12. The van der Waals surface area contributed by atoms with Crippen LogP contribution in [0.25, 0.3) is 0 Å². The van der Waals surface area contributed by atoms with Gasteiger partial charge in [0.15, 0.2) is 0 Å². The number of hydrogen-bond donors (Lipinski definition) is 0. The summed E-state index contributed by atoms with van der Waals surface area (Å²) in [5.74, 6) is 4.99. The van der Waals surface area contributed by atoms with E-state index < -0.39 is 0 Å². The van der Waals surface area contributed by atoms with E-state index in [0.717, 1.165) is 5.41 Å². The second kappa shape index (κ2) is 0.810. The third-order valence-electron chi connectivity index (χ3n) is 4.76. The van der Waals surface area contributed by atoms with E-state index in [9.17, 15) is 0 Å². The lowest BCUT2D eigenvalue weighted by Crippen LogP contribution is -2.42. The van der Waals surface area contributed by atoms with E-state index in [1.807, 2.05) is 0 Å². The van der Waals surface area contributed by atoms with Gasteiger partial charge in [-0.2, -0.15) is 0 Å². The molecule has 0 aromatic rings. The van der Waals surface area contributed by atoms with Gasteiger partial charge in [-0.25, -0.2) is 0 Å². The zero-order valence-electron chi connectivity index (χ0n) is 5.64. The number of hydrogen-bond acceptors (Lipinski definition) is 0. The van der Waals surface area contributed by atoms with E-state index in [1.54, 1.807) is 25.7 Å². The second-order valence-electron chi connectivity index (χ2n) is 4.86. The van der Waals surface area contributed by atoms with Crippen LogP contribution < -0.4 is 0 Å². The highest BCUT2D eigenvalue weighted by atomic mass is 14.8. The van der Waals surface area contributed by atoms with Crippen molar-refractivity contribution >= 4 is 0 Å². The molecule has 5 aliphatic carbocycles. The van der Waals surface area contributed by atoms with Crippen LogP contribution in [0.2, 0.25) is 0 Å². The van der Waals surface area contributed by atoms with E-state index in [-0.39, 0.29) is 0 Å². The van der Waals surface area contributed by atoms with Crippen molar-refractivity contribution in [3.8, 4) is 0 Å². The molecule has 0 radical (unpaired) electrons. The first-order chi connectivity index (χ1) is 4.40. The summed E-state index contributed by atoms with van der Waals surface area (Å²) in [6.07, 6.45) is 6.58. The monoisotopic (exact) mass is 120 g/mol. The molecule has 2 bridgehead atoms. The Morgan fingerprint density at radius 1 is 1.00 bits per heavy atom. The molecular weight excluding hydrogens is 108 g/mol. The fraction of sp³-hybridized carbons (Fsp3) is 1.00. The molecule has 5 rings (SSSR count). The van der Waals surface area contributed by atoms with E-state index in [0.29, 0.717) is 0 Å². The van der Waals surface area contributed by atoms with E-state index in [2.05, 4.69) is 0 Å². The van der Waals surface area contributed by atoms with Crippen LogP contribution in [0.3, 0.4) is 0 Å². The van der Waals surface area contributed by atoms with Gasteiger partial charge in [0, 0.05) is 0 Å². The average Bonchev–Trinajstić information content (AvgIpc) is 2.28. The molecule has 0 heterocycles. The fourth-order valence-electron chi connectivity index (χ4n) is 4.46. The van der Waals surface area contributed by atoms with Crippen molar-refractivity contribution in [3.63, 3.8) is 0 Å². The van der Waals surface area contributed by atoms with Crippen LogP contribution in [-0.4, -0.2) is 0 Å². The van der Waals surface area contributed by atoms with Crippen molar-refractivity contribution in [1.29, 1.82) is 0 Å². The predicted molar refractivity (Wildman–Crippen MR) is 34.9 cm³/mol. The lowest BCUT2D eigenvalue weighted by Gasteiger charge is -2.49. The van der Waals surface area contributed by atoms with Gasteiger partial charge in [-0.05, 0) is 54.8 Å². The molecule has 5 aliphatic rings. The van der Waals surface area contributed by atoms with Gasteiger partial charge in [0.2, 0.25) is 0 Å². The Hall–Kier alpha value is 0. The average molecular weight is 120 g/mol. The summed E-state index contributed by atoms with van der Waals surface area (Å²) in [6, 6.07) is 0. The van der Waals surface area contributed by atoms with Crippen molar-refractivity contribution in [3.05, 3.63) is 0 Å². The van der Waals surface area contributed by atoms with Crippen LogP contribution in [0.4, 0.5) is 0 Å². The Kier molecular flexibility index (Phi) is 0.360. The minimum atomic E-state index is 1.01. The summed E-state index contributed by atoms with van der Waals surface area (Å²) in [5.41, 5.74) is 1.01. The quantitative estimate of drug-likeness (QED) is 0.459. The topological polar surface area (TPSA) is 0 Å². The summed E-state index contributed by atoms with van der Waals surface area (Å²) >= 11 is 0. The Morgan fingerprint density at radius 2 is 1.78 bits per heavy atom. The Labute approximate surface area is 55.6 Å². The van der Waals surface area contributed by atoms with Crippen LogP contribution in [0.1, 0.15) is 25.7 Å². The van der Waals surface area contributed by atoms with Gasteiger partial charge in [-0.3, -0.25) is 0 Å². The van der Waals surface area contributed by atoms with Gasteiger partial charge < -0.3 is 0 Å². The first-order valence-corrected chi connectivity index (χ1v) is 4.40. The first-order valence-electron chi connectivity index (χ1n) is 4.40. The zero-order valence-corrected chi connectivity index (χ0v) is 5.64. The highest BCUT2D eigenvalue weighted by Crippen LogP contribution is 2.85. The van der Waals surface area contributed by atoms with Crippen LogP contribution in [0.15, 0.2) is 0 Å². The highest BCUT2D eigenvalue weighted by Gasteiger charge is 2.78. The van der Waals surface area contributed by atoms with Gasteiger partial charge in [-0.15, -0.1) is 0 Å². The Morgan fingerprint density at radius 3 is 2.56 bits per heavy atom. The maximum atomic E-state index is 1.65. The number of fused-ring (bicyclic) bond motifs is 1. The molecule has 3 atom stereocenters.